The third-order valence-corrected chi connectivity index (χ3v) is 1.92. The Bertz CT molecular complexity index is 490. The fourth-order valence-corrected chi connectivity index (χ4v) is 1.18. The predicted octanol–water partition coefficient (Wildman–Crippen LogP) is 1.77. The van der Waals surface area contributed by atoms with Crippen molar-refractivity contribution in [2.45, 2.75) is 0 Å². The van der Waals surface area contributed by atoms with E-state index in [1.165, 1.54) is 12.1 Å². The SMILES string of the molecule is [N-]=[N+]=NCCOc1cc(C(=O)O)cc(C(=O)O)c1. The van der Waals surface area contributed by atoms with Crippen LogP contribution in [0.2, 0.25) is 0 Å². The Morgan fingerprint density at radius 1 is 1.22 bits per heavy atom. The van der Waals surface area contributed by atoms with Crippen molar-refractivity contribution < 1.29 is 24.5 Å². The van der Waals surface area contributed by atoms with Gasteiger partial charge in [-0.25, -0.2) is 9.59 Å². The Balaban J connectivity index is 2.92. The molecule has 8 heteroatoms. The molecule has 0 spiro atoms. The first kappa shape index (κ1) is 13.3. The number of nitrogens with zero attached hydrogens (tertiary/aromatic N) is 3. The lowest BCUT2D eigenvalue weighted by molar-refractivity contribution is 0.0696. The van der Waals surface area contributed by atoms with Crippen LogP contribution in [0.15, 0.2) is 23.3 Å². The lowest BCUT2D eigenvalue weighted by Crippen LogP contribution is -2.06. The average Bonchev–Trinajstić information content (AvgIpc) is 2.34. The molecule has 1 aromatic rings. The van der Waals surface area contributed by atoms with Gasteiger partial charge in [-0.15, -0.1) is 0 Å². The van der Waals surface area contributed by atoms with E-state index < -0.39 is 11.9 Å². The van der Waals surface area contributed by atoms with Gasteiger partial charge in [0, 0.05) is 4.91 Å². The van der Waals surface area contributed by atoms with Crippen LogP contribution in [0.5, 0.6) is 5.75 Å². The molecule has 0 saturated heterocycles. The minimum Gasteiger partial charge on any atom is -0.493 e. The number of hydrogen-bond acceptors (Lipinski definition) is 4. The molecule has 8 nitrogen and oxygen atoms in total. The van der Waals surface area contributed by atoms with Gasteiger partial charge < -0.3 is 14.9 Å². The highest BCUT2D eigenvalue weighted by Gasteiger charge is 2.11. The van der Waals surface area contributed by atoms with Gasteiger partial charge in [-0.05, 0) is 23.7 Å². The highest BCUT2D eigenvalue weighted by atomic mass is 16.5. The summed E-state index contributed by atoms with van der Waals surface area (Å²) in [6, 6.07) is 3.43. The first-order chi connectivity index (χ1) is 8.54. The first-order valence-electron chi connectivity index (χ1n) is 4.80. The molecule has 0 saturated carbocycles. The van der Waals surface area contributed by atoms with Crippen LogP contribution in [0.1, 0.15) is 20.7 Å². The van der Waals surface area contributed by atoms with Crippen molar-refractivity contribution in [3.63, 3.8) is 0 Å². The summed E-state index contributed by atoms with van der Waals surface area (Å²) in [6.07, 6.45) is 0. The first-order valence-corrected chi connectivity index (χ1v) is 4.80. The molecule has 1 rings (SSSR count). The van der Waals surface area contributed by atoms with E-state index >= 15 is 0 Å². The van der Waals surface area contributed by atoms with Crippen LogP contribution in [0.3, 0.4) is 0 Å². The fraction of sp³-hybridized carbons (Fsp3) is 0.200. The fourth-order valence-electron chi connectivity index (χ4n) is 1.18. The third-order valence-electron chi connectivity index (χ3n) is 1.92. The highest BCUT2D eigenvalue weighted by Crippen LogP contribution is 2.17. The molecule has 0 unspecified atom stereocenters. The standard InChI is InChI=1S/C10H9N3O5/c11-13-12-1-2-18-8-4-6(9(14)15)3-7(5-8)10(16)17/h3-5H,1-2H2,(H,14,15)(H,16,17). The highest BCUT2D eigenvalue weighted by molar-refractivity contribution is 5.94. The maximum Gasteiger partial charge on any atom is 0.335 e. The zero-order valence-corrected chi connectivity index (χ0v) is 9.11. The lowest BCUT2D eigenvalue weighted by Gasteiger charge is -2.06. The minimum absolute atomic E-state index is 0.0339. The second-order valence-corrected chi connectivity index (χ2v) is 3.16. The Hall–Kier alpha value is -2.73. The number of carbonyl (C=O) groups is 2. The Kier molecular flexibility index (Phi) is 4.53. The molecule has 0 aliphatic carbocycles. The number of rotatable bonds is 6. The van der Waals surface area contributed by atoms with E-state index in [9.17, 15) is 9.59 Å². The van der Waals surface area contributed by atoms with Gasteiger partial charge >= 0.3 is 11.9 Å². The van der Waals surface area contributed by atoms with E-state index in [2.05, 4.69) is 10.0 Å². The van der Waals surface area contributed by atoms with E-state index in [0.29, 0.717) is 0 Å². The van der Waals surface area contributed by atoms with E-state index in [1.807, 2.05) is 0 Å². The molecule has 2 N–H and O–H groups in total. The summed E-state index contributed by atoms with van der Waals surface area (Å²) in [5.74, 6) is -2.41. The van der Waals surface area contributed by atoms with Crippen molar-refractivity contribution in [3.8, 4) is 5.75 Å². The van der Waals surface area contributed by atoms with Crippen LogP contribution in [0.25, 0.3) is 10.4 Å². The van der Waals surface area contributed by atoms with Gasteiger partial charge in [0.2, 0.25) is 0 Å². The molecule has 0 atom stereocenters. The summed E-state index contributed by atoms with van der Waals surface area (Å²) < 4.78 is 5.10. The quantitative estimate of drug-likeness (QED) is 0.344. The average molecular weight is 251 g/mol. The molecule has 0 aliphatic heterocycles. The molecule has 1 aromatic carbocycles. The van der Waals surface area contributed by atoms with E-state index in [1.54, 1.807) is 0 Å². The largest absolute Gasteiger partial charge is 0.493 e. The monoisotopic (exact) mass is 251 g/mol. The molecule has 0 heterocycles. The summed E-state index contributed by atoms with van der Waals surface area (Å²) in [5.41, 5.74) is 7.67. The third kappa shape index (κ3) is 3.69. The summed E-state index contributed by atoms with van der Waals surface area (Å²) in [5, 5.41) is 20.8. The zero-order valence-electron chi connectivity index (χ0n) is 9.11. The molecule has 0 aliphatic rings. The van der Waals surface area contributed by atoms with Crippen molar-refractivity contribution in [1.82, 2.24) is 0 Å². The van der Waals surface area contributed by atoms with Crippen LogP contribution >= 0.6 is 0 Å². The van der Waals surface area contributed by atoms with E-state index in [0.717, 1.165) is 6.07 Å². The summed E-state index contributed by atoms with van der Waals surface area (Å²) in [6.45, 7) is 0.0996. The molecular formula is C10H9N3O5. The van der Waals surface area contributed by atoms with Crippen molar-refractivity contribution in [1.29, 1.82) is 0 Å². The number of carboxylic acid groups (broad SMARTS) is 2. The number of hydrogen-bond donors (Lipinski definition) is 2. The van der Waals surface area contributed by atoms with Crippen molar-refractivity contribution >= 4 is 11.9 Å². The van der Waals surface area contributed by atoms with Crippen LogP contribution in [-0.2, 0) is 0 Å². The number of benzene rings is 1. The minimum atomic E-state index is -1.25. The van der Waals surface area contributed by atoms with Gasteiger partial charge in [-0.1, -0.05) is 5.11 Å². The topological polar surface area (TPSA) is 133 Å². The maximum absolute atomic E-state index is 10.8. The smallest absolute Gasteiger partial charge is 0.335 e. The van der Waals surface area contributed by atoms with E-state index in [-0.39, 0.29) is 30.0 Å². The molecule has 94 valence electrons. The second kappa shape index (κ2) is 6.12. The summed E-state index contributed by atoms with van der Waals surface area (Å²) in [4.78, 5) is 24.1. The summed E-state index contributed by atoms with van der Waals surface area (Å²) in [7, 11) is 0. The molecule has 0 radical (unpaired) electrons. The van der Waals surface area contributed by atoms with E-state index in [4.69, 9.17) is 20.5 Å². The Labute approximate surface area is 101 Å². The van der Waals surface area contributed by atoms with Gasteiger partial charge in [-0.2, -0.15) is 0 Å². The number of carboxylic acids is 2. The van der Waals surface area contributed by atoms with Crippen LogP contribution in [0, 0.1) is 0 Å². The molecular weight excluding hydrogens is 242 g/mol. The van der Waals surface area contributed by atoms with Crippen LogP contribution < -0.4 is 4.74 Å². The molecule has 0 fully saturated rings. The van der Waals surface area contributed by atoms with Crippen molar-refractivity contribution in [2.24, 2.45) is 5.11 Å². The van der Waals surface area contributed by atoms with Crippen molar-refractivity contribution in [2.75, 3.05) is 13.2 Å². The summed E-state index contributed by atoms with van der Waals surface area (Å²) >= 11 is 0. The second-order valence-electron chi connectivity index (χ2n) is 3.16. The number of azide groups is 1. The molecule has 0 amide bonds. The van der Waals surface area contributed by atoms with Crippen LogP contribution in [0.4, 0.5) is 0 Å². The van der Waals surface area contributed by atoms with Gasteiger partial charge in [0.25, 0.3) is 0 Å². The number of aromatic carboxylic acids is 2. The van der Waals surface area contributed by atoms with Gasteiger partial charge in [0.05, 0.1) is 24.3 Å². The zero-order chi connectivity index (χ0) is 13.5. The molecule has 0 aromatic heterocycles. The predicted molar refractivity (Wildman–Crippen MR) is 59.9 cm³/mol. The normalized spacial score (nSPS) is 9.33. The van der Waals surface area contributed by atoms with Gasteiger partial charge in [-0.3, -0.25) is 0 Å². The number of ether oxygens (including phenoxy) is 1. The molecule has 18 heavy (non-hydrogen) atoms. The Morgan fingerprint density at radius 3 is 2.22 bits per heavy atom. The van der Waals surface area contributed by atoms with Gasteiger partial charge in [0.1, 0.15) is 5.75 Å². The maximum atomic E-state index is 10.8. The van der Waals surface area contributed by atoms with Crippen molar-refractivity contribution in [3.05, 3.63) is 39.8 Å². The lowest BCUT2D eigenvalue weighted by atomic mass is 10.1. The molecule has 0 bridgehead atoms. The van der Waals surface area contributed by atoms with Crippen LogP contribution in [-0.4, -0.2) is 35.3 Å². The van der Waals surface area contributed by atoms with Gasteiger partial charge in [0.15, 0.2) is 0 Å². The Morgan fingerprint density at radius 2 is 1.78 bits per heavy atom.